The third kappa shape index (κ3) is 4.75. The Hall–Kier alpha value is -2.08. The number of carbonyl (C=O) groups excluding carboxylic acids is 3. The molecule has 1 fully saturated rings. The van der Waals surface area contributed by atoms with Gasteiger partial charge in [-0.3, -0.25) is 14.9 Å². The molecule has 0 bridgehead atoms. The van der Waals surface area contributed by atoms with Gasteiger partial charge in [0.05, 0.1) is 0 Å². The van der Waals surface area contributed by atoms with Crippen molar-refractivity contribution >= 4 is 29.4 Å². The maximum absolute atomic E-state index is 11.7. The Kier molecular flexibility index (Phi) is 5.16. The smallest absolute Gasteiger partial charge is 0.322 e. The van der Waals surface area contributed by atoms with E-state index in [1.807, 2.05) is 12.1 Å². The third-order valence-electron chi connectivity index (χ3n) is 3.17. The Morgan fingerprint density at radius 2 is 1.95 bits per heavy atom. The number of nitrogens with one attached hydrogen (secondary N) is 3. The molecule has 1 aromatic carbocycles. The molecule has 21 heavy (non-hydrogen) atoms. The van der Waals surface area contributed by atoms with Crippen LogP contribution in [-0.2, 0) is 16.0 Å². The molecule has 0 saturated carbocycles. The van der Waals surface area contributed by atoms with Crippen LogP contribution >= 0.6 is 11.6 Å². The monoisotopic (exact) mass is 309 g/mol. The van der Waals surface area contributed by atoms with Gasteiger partial charge in [-0.15, -0.1) is 0 Å². The highest BCUT2D eigenvalue weighted by molar-refractivity contribution is 6.30. The summed E-state index contributed by atoms with van der Waals surface area (Å²) in [7, 11) is 0. The van der Waals surface area contributed by atoms with Gasteiger partial charge in [0.15, 0.2) is 0 Å². The summed E-state index contributed by atoms with van der Waals surface area (Å²) in [5.74, 6) is -0.521. The van der Waals surface area contributed by atoms with Crippen molar-refractivity contribution in [3.63, 3.8) is 0 Å². The van der Waals surface area contributed by atoms with Crippen molar-refractivity contribution < 1.29 is 14.4 Å². The minimum atomic E-state index is -0.612. The summed E-state index contributed by atoms with van der Waals surface area (Å²) >= 11 is 5.79. The van der Waals surface area contributed by atoms with Crippen molar-refractivity contribution in [2.24, 2.45) is 0 Å². The molecule has 1 saturated heterocycles. The van der Waals surface area contributed by atoms with Gasteiger partial charge in [-0.2, -0.15) is 0 Å². The fourth-order valence-electron chi connectivity index (χ4n) is 2.02. The van der Waals surface area contributed by atoms with Crippen LogP contribution in [0.3, 0.4) is 0 Å². The number of halogens is 1. The highest BCUT2D eigenvalue weighted by atomic mass is 35.5. The van der Waals surface area contributed by atoms with Gasteiger partial charge in [-0.25, -0.2) is 4.79 Å². The van der Waals surface area contributed by atoms with E-state index < -0.39 is 12.1 Å². The summed E-state index contributed by atoms with van der Waals surface area (Å²) < 4.78 is 0. The van der Waals surface area contributed by atoms with Gasteiger partial charge >= 0.3 is 6.03 Å². The lowest BCUT2D eigenvalue weighted by Gasteiger charge is -2.08. The van der Waals surface area contributed by atoms with Crippen LogP contribution in [0.15, 0.2) is 24.3 Å². The molecule has 0 spiro atoms. The largest absolute Gasteiger partial charge is 0.356 e. The van der Waals surface area contributed by atoms with Crippen molar-refractivity contribution in [1.82, 2.24) is 16.0 Å². The number of hydrogen-bond donors (Lipinski definition) is 3. The molecule has 1 aliphatic heterocycles. The van der Waals surface area contributed by atoms with E-state index in [2.05, 4.69) is 16.0 Å². The first-order valence-corrected chi connectivity index (χ1v) is 7.05. The van der Waals surface area contributed by atoms with Crippen LogP contribution in [-0.4, -0.2) is 30.4 Å². The predicted octanol–water partition coefficient (Wildman–Crippen LogP) is 0.987. The Labute approximate surface area is 127 Å². The van der Waals surface area contributed by atoms with E-state index >= 15 is 0 Å². The number of hydrogen-bond acceptors (Lipinski definition) is 3. The molecular formula is C14H16ClN3O3. The van der Waals surface area contributed by atoms with Gasteiger partial charge in [-0.05, 0) is 30.5 Å². The van der Waals surface area contributed by atoms with E-state index in [0.29, 0.717) is 24.4 Å². The van der Waals surface area contributed by atoms with Crippen LogP contribution in [0.2, 0.25) is 5.02 Å². The Bertz CT molecular complexity index is 545. The second-order valence-electron chi connectivity index (χ2n) is 4.78. The normalized spacial score (nSPS) is 17.3. The van der Waals surface area contributed by atoms with Gasteiger partial charge in [0, 0.05) is 18.0 Å². The molecule has 4 amide bonds. The molecular weight excluding hydrogens is 294 g/mol. The minimum absolute atomic E-state index is 0.141. The lowest BCUT2D eigenvalue weighted by molar-refractivity contribution is -0.122. The zero-order chi connectivity index (χ0) is 15.2. The maximum atomic E-state index is 11.7. The average Bonchev–Trinajstić information content (AvgIpc) is 2.77. The Balaban J connectivity index is 1.65. The fourth-order valence-corrected chi connectivity index (χ4v) is 2.15. The van der Waals surface area contributed by atoms with Crippen LogP contribution < -0.4 is 16.0 Å². The Morgan fingerprint density at radius 3 is 2.57 bits per heavy atom. The van der Waals surface area contributed by atoms with Gasteiger partial charge in [0.25, 0.3) is 5.91 Å². The third-order valence-corrected chi connectivity index (χ3v) is 3.42. The van der Waals surface area contributed by atoms with Crippen molar-refractivity contribution in [3.05, 3.63) is 34.9 Å². The molecule has 1 atom stereocenters. The summed E-state index contributed by atoms with van der Waals surface area (Å²) in [6, 6.07) is 6.31. The molecule has 2 rings (SSSR count). The number of urea groups is 1. The van der Waals surface area contributed by atoms with Crippen molar-refractivity contribution in [3.8, 4) is 0 Å². The van der Waals surface area contributed by atoms with Crippen molar-refractivity contribution in [1.29, 1.82) is 0 Å². The Morgan fingerprint density at radius 1 is 1.24 bits per heavy atom. The van der Waals surface area contributed by atoms with Gasteiger partial charge in [-0.1, -0.05) is 23.7 Å². The quantitative estimate of drug-likeness (QED) is 0.685. The van der Waals surface area contributed by atoms with Crippen LogP contribution in [0.1, 0.15) is 18.4 Å². The van der Waals surface area contributed by atoms with Crippen molar-refractivity contribution in [2.75, 3.05) is 6.54 Å². The van der Waals surface area contributed by atoms with E-state index in [1.54, 1.807) is 12.1 Å². The average molecular weight is 310 g/mol. The van der Waals surface area contributed by atoms with Gasteiger partial charge < -0.3 is 10.6 Å². The second-order valence-corrected chi connectivity index (χ2v) is 5.22. The first-order chi connectivity index (χ1) is 10.0. The molecule has 1 aromatic rings. The highest BCUT2D eigenvalue weighted by Crippen LogP contribution is 2.09. The van der Waals surface area contributed by atoms with E-state index in [4.69, 9.17) is 11.6 Å². The molecule has 0 unspecified atom stereocenters. The first kappa shape index (κ1) is 15.3. The standard InChI is InChI=1S/C14H16ClN3O3/c15-10-3-1-9(2-4-10)7-8-16-12(19)6-5-11-13(20)18-14(21)17-11/h1-4,11H,5-8H2,(H,16,19)(H2,17,18,20,21)/t11-/m0/s1. The van der Waals surface area contributed by atoms with E-state index in [-0.39, 0.29) is 18.2 Å². The topological polar surface area (TPSA) is 87.3 Å². The molecule has 0 aliphatic carbocycles. The molecule has 1 heterocycles. The number of rotatable bonds is 6. The number of imide groups is 1. The van der Waals surface area contributed by atoms with E-state index in [9.17, 15) is 14.4 Å². The van der Waals surface area contributed by atoms with E-state index in [1.165, 1.54) is 0 Å². The summed E-state index contributed by atoms with van der Waals surface area (Å²) in [6.07, 6.45) is 1.20. The van der Waals surface area contributed by atoms with Gasteiger partial charge in [0.2, 0.25) is 5.91 Å². The van der Waals surface area contributed by atoms with E-state index in [0.717, 1.165) is 5.56 Å². The molecule has 6 nitrogen and oxygen atoms in total. The molecule has 7 heteroatoms. The van der Waals surface area contributed by atoms with Crippen LogP contribution in [0.4, 0.5) is 4.79 Å². The van der Waals surface area contributed by atoms with Crippen LogP contribution in [0.5, 0.6) is 0 Å². The zero-order valence-electron chi connectivity index (χ0n) is 11.3. The second kappa shape index (κ2) is 7.08. The number of carbonyl (C=O) groups is 3. The zero-order valence-corrected chi connectivity index (χ0v) is 12.1. The van der Waals surface area contributed by atoms with Crippen molar-refractivity contribution in [2.45, 2.75) is 25.3 Å². The lowest BCUT2D eigenvalue weighted by Crippen LogP contribution is -2.32. The molecule has 1 aliphatic rings. The predicted molar refractivity (Wildman–Crippen MR) is 77.9 cm³/mol. The summed E-state index contributed by atoms with van der Waals surface area (Å²) in [5.41, 5.74) is 1.09. The number of benzene rings is 1. The molecule has 0 radical (unpaired) electrons. The minimum Gasteiger partial charge on any atom is -0.356 e. The summed E-state index contributed by atoms with van der Waals surface area (Å²) in [4.78, 5) is 33.9. The van der Waals surface area contributed by atoms with Crippen LogP contribution in [0.25, 0.3) is 0 Å². The SMILES string of the molecule is O=C(CC[C@@H]1NC(=O)NC1=O)NCCc1ccc(Cl)cc1. The molecule has 0 aromatic heterocycles. The summed E-state index contributed by atoms with van der Waals surface area (Å²) in [6.45, 7) is 0.518. The molecule has 3 N–H and O–H groups in total. The maximum Gasteiger partial charge on any atom is 0.322 e. The van der Waals surface area contributed by atoms with Crippen LogP contribution in [0, 0.1) is 0 Å². The number of amides is 4. The first-order valence-electron chi connectivity index (χ1n) is 6.67. The highest BCUT2D eigenvalue weighted by Gasteiger charge is 2.29. The lowest BCUT2D eigenvalue weighted by atomic mass is 10.1. The fraction of sp³-hybridized carbons (Fsp3) is 0.357. The summed E-state index contributed by atoms with van der Waals surface area (Å²) in [5, 5.41) is 8.04. The molecule has 112 valence electrons. The van der Waals surface area contributed by atoms with Gasteiger partial charge in [0.1, 0.15) is 6.04 Å².